The molecule has 7 nitrogen and oxygen atoms in total. The Bertz CT molecular complexity index is 769. The average molecular weight is 286 g/mol. The zero-order chi connectivity index (χ0) is 14.8. The predicted octanol–water partition coefficient (Wildman–Crippen LogP) is 1.91. The summed E-state index contributed by atoms with van der Waals surface area (Å²) in [6.45, 7) is 2.01. The summed E-state index contributed by atoms with van der Waals surface area (Å²) in [5.41, 5.74) is 1.13. The Kier molecular flexibility index (Phi) is 3.31. The van der Waals surface area contributed by atoms with Crippen LogP contribution in [-0.2, 0) is 13.6 Å². The number of aryl methyl sites for hydroxylation is 2. The van der Waals surface area contributed by atoms with Crippen LogP contribution in [0.25, 0.3) is 11.5 Å². The Morgan fingerprint density at radius 3 is 2.90 bits per heavy atom. The third-order valence-corrected chi connectivity index (χ3v) is 3.02. The largest absolute Gasteiger partial charge is 0.458 e. The van der Waals surface area contributed by atoms with Crippen LogP contribution in [0.2, 0.25) is 0 Å². The van der Waals surface area contributed by atoms with Crippen LogP contribution in [0.1, 0.15) is 22.0 Å². The molecule has 0 unspecified atom stereocenters. The van der Waals surface area contributed by atoms with Crippen molar-refractivity contribution < 1.29 is 13.7 Å². The molecule has 0 aliphatic heterocycles. The smallest absolute Gasteiger partial charge is 0.273 e. The molecule has 3 aromatic rings. The van der Waals surface area contributed by atoms with Gasteiger partial charge in [0, 0.05) is 19.3 Å². The van der Waals surface area contributed by atoms with Crippen molar-refractivity contribution in [1.29, 1.82) is 0 Å². The van der Waals surface area contributed by atoms with Gasteiger partial charge < -0.3 is 14.3 Å². The van der Waals surface area contributed by atoms with Gasteiger partial charge in [-0.15, -0.1) is 0 Å². The van der Waals surface area contributed by atoms with Crippen molar-refractivity contribution in [2.24, 2.45) is 7.05 Å². The summed E-state index contributed by atoms with van der Waals surface area (Å²) in [6.07, 6.45) is 1.70. The molecule has 3 aromatic heterocycles. The number of nitrogens with zero attached hydrogens (tertiary/aromatic N) is 3. The third-order valence-electron chi connectivity index (χ3n) is 3.02. The Labute approximate surface area is 120 Å². The molecule has 0 saturated carbocycles. The van der Waals surface area contributed by atoms with Gasteiger partial charge in [0.1, 0.15) is 17.2 Å². The molecular formula is C14H14N4O3. The number of nitrogens with one attached hydrogen (secondary N) is 1. The summed E-state index contributed by atoms with van der Waals surface area (Å²) < 4.78 is 12.3. The fraction of sp³-hybridized carbons (Fsp3) is 0.214. The molecule has 108 valence electrons. The molecule has 0 spiro atoms. The number of rotatable bonds is 4. The molecule has 0 aliphatic rings. The van der Waals surface area contributed by atoms with Crippen LogP contribution in [0.3, 0.4) is 0 Å². The average Bonchev–Trinajstić information content (AvgIpc) is 3.16. The number of furan rings is 1. The van der Waals surface area contributed by atoms with E-state index in [1.54, 1.807) is 23.9 Å². The van der Waals surface area contributed by atoms with E-state index in [1.165, 1.54) is 0 Å². The molecule has 3 heterocycles. The van der Waals surface area contributed by atoms with Crippen LogP contribution in [-0.4, -0.2) is 20.8 Å². The van der Waals surface area contributed by atoms with Gasteiger partial charge in [0.05, 0.1) is 6.54 Å². The van der Waals surface area contributed by atoms with E-state index in [0.29, 0.717) is 17.3 Å². The molecule has 0 aromatic carbocycles. The lowest BCUT2D eigenvalue weighted by Gasteiger charge is -2.00. The van der Waals surface area contributed by atoms with Crippen LogP contribution < -0.4 is 5.32 Å². The van der Waals surface area contributed by atoms with Gasteiger partial charge in [-0.05, 0) is 25.1 Å². The molecule has 0 radical (unpaired) electrons. The van der Waals surface area contributed by atoms with E-state index in [0.717, 1.165) is 5.69 Å². The van der Waals surface area contributed by atoms with E-state index in [9.17, 15) is 4.79 Å². The van der Waals surface area contributed by atoms with Crippen LogP contribution >= 0.6 is 0 Å². The van der Waals surface area contributed by atoms with Crippen LogP contribution in [0.5, 0.6) is 0 Å². The molecule has 0 atom stereocenters. The fourth-order valence-electron chi connectivity index (χ4n) is 1.96. The maximum atomic E-state index is 11.8. The third kappa shape index (κ3) is 2.71. The van der Waals surface area contributed by atoms with Gasteiger partial charge >= 0.3 is 0 Å². The molecule has 3 rings (SSSR count). The number of carbonyl (C=O) groups excluding carboxylic acids is 1. The molecule has 7 heteroatoms. The molecule has 0 fully saturated rings. The van der Waals surface area contributed by atoms with E-state index in [1.807, 2.05) is 25.2 Å². The second-order valence-electron chi connectivity index (χ2n) is 4.61. The topological polar surface area (TPSA) is 86.1 Å². The first-order valence-electron chi connectivity index (χ1n) is 6.42. The molecule has 0 bridgehead atoms. The van der Waals surface area contributed by atoms with Crippen molar-refractivity contribution in [3.05, 3.63) is 47.7 Å². The maximum Gasteiger partial charge on any atom is 0.273 e. The minimum atomic E-state index is -0.301. The predicted molar refractivity (Wildman–Crippen MR) is 73.3 cm³/mol. The highest BCUT2D eigenvalue weighted by molar-refractivity contribution is 5.92. The summed E-state index contributed by atoms with van der Waals surface area (Å²) in [5, 5.41) is 10.5. The Morgan fingerprint density at radius 1 is 1.38 bits per heavy atom. The monoisotopic (exact) mass is 286 g/mol. The second-order valence-corrected chi connectivity index (χ2v) is 4.61. The van der Waals surface area contributed by atoms with E-state index in [2.05, 4.69) is 15.6 Å². The second kappa shape index (κ2) is 5.28. The van der Waals surface area contributed by atoms with Gasteiger partial charge in [0.25, 0.3) is 5.91 Å². The molecule has 1 amide bonds. The standard InChI is InChI=1S/C14H14N4O3/c1-9-7-11(17-21-9)14(19)15-8-10-3-4-13(20-10)12-5-6-16-18(12)2/h3-7H,8H2,1-2H3,(H,15,19). The van der Waals surface area contributed by atoms with Crippen molar-refractivity contribution in [2.75, 3.05) is 0 Å². The van der Waals surface area contributed by atoms with Gasteiger partial charge in [0.15, 0.2) is 11.5 Å². The Hall–Kier alpha value is -2.83. The van der Waals surface area contributed by atoms with Crippen molar-refractivity contribution >= 4 is 5.91 Å². The summed E-state index contributed by atoms with van der Waals surface area (Å²) in [4.78, 5) is 11.8. The lowest BCUT2D eigenvalue weighted by molar-refractivity contribution is 0.0939. The Balaban J connectivity index is 1.65. The zero-order valence-corrected chi connectivity index (χ0v) is 11.7. The van der Waals surface area contributed by atoms with Crippen molar-refractivity contribution in [2.45, 2.75) is 13.5 Å². The lowest BCUT2D eigenvalue weighted by atomic mass is 10.3. The fourth-order valence-corrected chi connectivity index (χ4v) is 1.96. The minimum Gasteiger partial charge on any atom is -0.458 e. The van der Waals surface area contributed by atoms with E-state index >= 15 is 0 Å². The SMILES string of the molecule is Cc1cc(C(=O)NCc2ccc(-c3ccnn3C)o2)no1. The van der Waals surface area contributed by atoms with Gasteiger partial charge in [0.2, 0.25) is 0 Å². The zero-order valence-electron chi connectivity index (χ0n) is 11.7. The Morgan fingerprint density at radius 2 is 2.24 bits per heavy atom. The first-order chi connectivity index (χ1) is 10.1. The molecule has 0 saturated heterocycles. The summed E-state index contributed by atoms with van der Waals surface area (Å²) >= 11 is 0. The highest BCUT2D eigenvalue weighted by Gasteiger charge is 2.12. The van der Waals surface area contributed by atoms with Crippen LogP contribution in [0, 0.1) is 6.92 Å². The number of aromatic nitrogens is 3. The molecule has 1 N–H and O–H groups in total. The summed E-state index contributed by atoms with van der Waals surface area (Å²) in [6, 6.07) is 7.10. The van der Waals surface area contributed by atoms with Gasteiger partial charge in [-0.1, -0.05) is 5.16 Å². The minimum absolute atomic E-state index is 0.255. The van der Waals surface area contributed by atoms with Crippen molar-refractivity contribution in [3.8, 4) is 11.5 Å². The van der Waals surface area contributed by atoms with Gasteiger partial charge in [-0.3, -0.25) is 9.48 Å². The number of carbonyl (C=O) groups is 1. The first-order valence-corrected chi connectivity index (χ1v) is 6.42. The van der Waals surface area contributed by atoms with Crippen LogP contribution in [0.4, 0.5) is 0 Å². The maximum absolute atomic E-state index is 11.8. The van der Waals surface area contributed by atoms with Gasteiger partial charge in [-0.25, -0.2) is 0 Å². The van der Waals surface area contributed by atoms with E-state index in [4.69, 9.17) is 8.94 Å². The molecular weight excluding hydrogens is 272 g/mol. The highest BCUT2D eigenvalue weighted by atomic mass is 16.5. The number of hydrogen-bond acceptors (Lipinski definition) is 5. The lowest BCUT2D eigenvalue weighted by Crippen LogP contribution is -2.22. The van der Waals surface area contributed by atoms with Gasteiger partial charge in [-0.2, -0.15) is 5.10 Å². The molecule has 21 heavy (non-hydrogen) atoms. The van der Waals surface area contributed by atoms with E-state index < -0.39 is 0 Å². The first kappa shape index (κ1) is 13.2. The number of hydrogen-bond donors (Lipinski definition) is 1. The molecule has 0 aliphatic carbocycles. The van der Waals surface area contributed by atoms with Crippen molar-refractivity contribution in [3.63, 3.8) is 0 Å². The quantitative estimate of drug-likeness (QED) is 0.791. The van der Waals surface area contributed by atoms with Crippen molar-refractivity contribution in [1.82, 2.24) is 20.3 Å². The van der Waals surface area contributed by atoms with E-state index in [-0.39, 0.29) is 18.1 Å². The van der Waals surface area contributed by atoms with Crippen LogP contribution in [0.15, 0.2) is 39.4 Å². The summed E-state index contributed by atoms with van der Waals surface area (Å²) in [7, 11) is 1.84. The summed E-state index contributed by atoms with van der Waals surface area (Å²) in [5.74, 6) is 1.65. The number of amides is 1. The normalized spacial score (nSPS) is 10.8. The highest BCUT2D eigenvalue weighted by Crippen LogP contribution is 2.21.